The fourth-order valence-electron chi connectivity index (χ4n) is 1.76. The van der Waals surface area contributed by atoms with E-state index in [0.717, 1.165) is 18.4 Å². The lowest BCUT2D eigenvalue weighted by atomic mass is 10.0. The molecule has 0 heterocycles. The van der Waals surface area contributed by atoms with Crippen LogP contribution in [0.3, 0.4) is 0 Å². The van der Waals surface area contributed by atoms with Crippen molar-refractivity contribution in [2.75, 3.05) is 0 Å². The van der Waals surface area contributed by atoms with E-state index in [4.69, 9.17) is 12.2 Å². The van der Waals surface area contributed by atoms with Crippen LogP contribution in [0.1, 0.15) is 37.8 Å². The van der Waals surface area contributed by atoms with Crippen LogP contribution >= 0.6 is 0 Å². The molecule has 0 spiro atoms. The number of carbonyl (C=O) groups is 1. The highest BCUT2D eigenvalue weighted by molar-refractivity contribution is 5.77. The van der Waals surface area contributed by atoms with Gasteiger partial charge in [0, 0.05) is 12.5 Å². The molecule has 3 heteroatoms. The molecule has 0 saturated heterocycles. The lowest BCUT2D eigenvalue weighted by Crippen LogP contribution is -2.35. The van der Waals surface area contributed by atoms with Gasteiger partial charge in [-0.25, -0.2) is 0 Å². The van der Waals surface area contributed by atoms with Crippen molar-refractivity contribution < 1.29 is 4.79 Å². The quantitative estimate of drug-likeness (QED) is 0.752. The molecular weight excluding hydrogens is 224 g/mol. The first-order valence-corrected chi connectivity index (χ1v) is 6.23. The van der Waals surface area contributed by atoms with Crippen molar-refractivity contribution in [1.29, 1.82) is 0 Å². The summed E-state index contributed by atoms with van der Waals surface area (Å²) < 4.78 is 0. The molecule has 1 aromatic rings. The van der Waals surface area contributed by atoms with Crippen molar-refractivity contribution in [3.63, 3.8) is 0 Å². The van der Waals surface area contributed by atoms with Crippen molar-refractivity contribution in [2.24, 2.45) is 5.73 Å². The lowest BCUT2D eigenvalue weighted by Gasteiger charge is -2.15. The summed E-state index contributed by atoms with van der Waals surface area (Å²) >= 11 is 0. The summed E-state index contributed by atoms with van der Waals surface area (Å²) in [7, 11) is 0. The summed E-state index contributed by atoms with van der Waals surface area (Å²) in [6.45, 7) is 2.03. The van der Waals surface area contributed by atoms with Gasteiger partial charge >= 0.3 is 0 Å². The average Bonchev–Trinajstić information content (AvgIpc) is 2.39. The molecule has 0 fully saturated rings. The fourth-order valence-corrected chi connectivity index (χ4v) is 1.76. The van der Waals surface area contributed by atoms with E-state index in [9.17, 15) is 4.79 Å². The minimum absolute atomic E-state index is 0.0947. The third-order valence-corrected chi connectivity index (χ3v) is 2.75. The van der Waals surface area contributed by atoms with Crippen LogP contribution < -0.4 is 11.1 Å². The van der Waals surface area contributed by atoms with Gasteiger partial charge < -0.3 is 11.1 Å². The number of amides is 1. The van der Waals surface area contributed by atoms with Crippen LogP contribution in [0.2, 0.25) is 0 Å². The molecule has 3 N–H and O–H groups in total. The number of rotatable bonds is 6. The zero-order valence-corrected chi connectivity index (χ0v) is 10.7. The number of terminal acetylenes is 1. The van der Waals surface area contributed by atoms with E-state index < -0.39 is 0 Å². The Kier molecular flexibility index (Phi) is 5.96. The summed E-state index contributed by atoms with van der Waals surface area (Å²) in [6.07, 6.45) is 7.35. The number of carbonyl (C=O) groups excluding carboxylic acids is 1. The van der Waals surface area contributed by atoms with E-state index in [0.29, 0.717) is 0 Å². The lowest BCUT2D eigenvalue weighted by molar-refractivity contribution is -0.121. The molecule has 0 aliphatic rings. The Bertz CT molecular complexity index is 408. The number of benzene rings is 1. The molecule has 0 bridgehead atoms. The van der Waals surface area contributed by atoms with Gasteiger partial charge in [0.05, 0.1) is 6.04 Å². The van der Waals surface area contributed by atoms with Crippen molar-refractivity contribution in [3.05, 3.63) is 35.9 Å². The van der Waals surface area contributed by atoms with Crippen molar-refractivity contribution in [1.82, 2.24) is 5.32 Å². The second kappa shape index (κ2) is 7.52. The zero-order chi connectivity index (χ0) is 13.4. The van der Waals surface area contributed by atoms with Crippen LogP contribution in [0.5, 0.6) is 0 Å². The van der Waals surface area contributed by atoms with Crippen molar-refractivity contribution in [3.8, 4) is 12.3 Å². The molecular formula is C15H20N2O. The second-order valence-electron chi connectivity index (χ2n) is 4.30. The summed E-state index contributed by atoms with van der Waals surface area (Å²) in [5.41, 5.74) is 6.93. The first-order chi connectivity index (χ1) is 8.67. The SMILES string of the molecule is C#CC(CCC)NC(=O)CC(N)c1ccccc1. The van der Waals surface area contributed by atoms with E-state index in [1.54, 1.807) is 0 Å². The first kappa shape index (κ1) is 14.3. The largest absolute Gasteiger partial charge is 0.342 e. The average molecular weight is 244 g/mol. The minimum Gasteiger partial charge on any atom is -0.342 e. The van der Waals surface area contributed by atoms with E-state index in [2.05, 4.69) is 11.2 Å². The van der Waals surface area contributed by atoms with Crippen LogP contribution in [0, 0.1) is 12.3 Å². The van der Waals surface area contributed by atoms with Gasteiger partial charge in [-0.15, -0.1) is 6.42 Å². The summed E-state index contributed by atoms with van der Waals surface area (Å²) in [4.78, 5) is 11.8. The van der Waals surface area contributed by atoms with Gasteiger partial charge in [0.2, 0.25) is 5.91 Å². The predicted molar refractivity (Wildman–Crippen MR) is 73.7 cm³/mol. The van der Waals surface area contributed by atoms with Gasteiger partial charge in [-0.1, -0.05) is 49.6 Å². The molecule has 3 nitrogen and oxygen atoms in total. The normalized spacial score (nSPS) is 13.4. The smallest absolute Gasteiger partial charge is 0.222 e. The molecule has 0 radical (unpaired) electrons. The van der Waals surface area contributed by atoms with Gasteiger partial charge in [-0.05, 0) is 12.0 Å². The molecule has 96 valence electrons. The Morgan fingerprint density at radius 1 is 1.44 bits per heavy atom. The maximum atomic E-state index is 11.8. The molecule has 0 aliphatic carbocycles. The van der Waals surface area contributed by atoms with Gasteiger partial charge in [-0.3, -0.25) is 4.79 Å². The van der Waals surface area contributed by atoms with Gasteiger partial charge in [0.25, 0.3) is 0 Å². The Morgan fingerprint density at radius 2 is 2.11 bits per heavy atom. The fraction of sp³-hybridized carbons (Fsp3) is 0.400. The number of hydrogen-bond acceptors (Lipinski definition) is 2. The highest BCUT2D eigenvalue weighted by atomic mass is 16.1. The standard InChI is InChI=1S/C15H20N2O/c1-3-8-13(4-2)17-15(18)11-14(16)12-9-6-5-7-10-12/h2,5-7,9-10,13-14H,3,8,11,16H2,1H3,(H,17,18). The Hall–Kier alpha value is -1.79. The molecule has 1 rings (SSSR count). The zero-order valence-electron chi connectivity index (χ0n) is 10.7. The third-order valence-electron chi connectivity index (χ3n) is 2.75. The summed E-state index contributed by atoms with van der Waals surface area (Å²) in [5.74, 6) is 2.48. The first-order valence-electron chi connectivity index (χ1n) is 6.23. The van der Waals surface area contributed by atoms with Crippen LogP contribution in [0.4, 0.5) is 0 Å². The van der Waals surface area contributed by atoms with Crippen LogP contribution in [0.15, 0.2) is 30.3 Å². The van der Waals surface area contributed by atoms with Gasteiger partial charge in [-0.2, -0.15) is 0 Å². The van der Waals surface area contributed by atoms with E-state index >= 15 is 0 Å². The number of nitrogens with one attached hydrogen (secondary N) is 1. The van der Waals surface area contributed by atoms with Crippen LogP contribution in [0.25, 0.3) is 0 Å². The maximum absolute atomic E-state index is 11.8. The predicted octanol–water partition coefficient (Wildman–Crippen LogP) is 1.99. The van der Waals surface area contributed by atoms with Crippen LogP contribution in [-0.2, 0) is 4.79 Å². The summed E-state index contributed by atoms with van der Waals surface area (Å²) in [5, 5.41) is 2.81. The molecule has 0 aliphatic heterocycles. The topological polar surface area (TPSA) is 55.1 Å². The van der Waals surface area contributed by atoms with Crippen LogP contribution in [-0.4, -0.2) is 11.9 Å². The van der Waals surface area contributed by atoms with E-state index in [1.807, 2.05) is 37.3 Å². The van der Waals surface area contributed by atoms with Gasteiger partial charge in [0.15, 0.2) is 0 Å². The molecule has 0 saturated carbocycles. The molecule has 18 heavy (non-hydrogen) atoms. The Labute approximate surface area is 109 Å². The Balaban J connectivity index is 2.48. The third kappa shape index (κ3) is 4.60. The van der Waals surface area contributed by atoms with Crippen molar-refractivity contribution >= 4 is 5.91 Å². The van der Waals surface area contributed by atoms with Gasteiger partial charge in [0.1, 0.15) is 0 Å². The Morgan fingerprint density at radius 3 is 2.67 bits per heavy atom. The number of hydrogen-bond donors (Lipinski definition) is 2. The van der Waals surface area contributed by atoms with E-state index in [-0.39, 0.29) is 24.4 Å². The molecule has 1 amide bonds. The second-order valence-corrected chi connectivity index (χ2v) is 4.30. The van der Waals surface area contributed by atoms with Crippen molar-refractivity contribution in [2.45, 2.75) is 38.3 Å². The highest BCUT2D eigenvalue weighted by Crippen LogP contribution is 2.13. The minimum atomic E-state index is -0.286. The number of nitrogens with two attached hydrogens (primary N) is 1. The van der Waals surface area contributed by atoms with E-state index in [1.165, 1.54) is 0 Å². The maximum Gasteiger partial charge on any atom is 0.222 e. The monoisotopic (exact) mass is 244 g/mol. The molecule has 1 aromatic carbocycles. The highest BCUT2D eigenvalue weighted by Gasteiger charge is 2.13. The summed E-state index contributed by atoms with van der Waals surface area (Å²) in [6, 6.07) is 9.11. The molecule has 2 unspecified atom stereocenters. The molecule has 2 atom stereocenters. The molecule has 0 aromatic heterocycles.